The molecule has 1 aliphatic heterocycles. The molecule has 27 heavy (non-hydrogen) atoms. The summed E-state index contributed by atoms with van der Waals surface area (Å²) in [6.07, 6.45) is -2.44. The molecule has 0 unspecified atom stereocenters. The molecule has 0 spiro atoms. The number of piperazine rings is 1. The molecule has 1 saturated carbocycles. The molecule has 3 rings (SSSR count). The van der Waals surface area contributed by atoms with Gasteiger partial charge in [0.2, 0.25) is 5.91 Å². The third-order valence-corrected chi connectivity index (χ3v) is 5.30. The summed E-state index contributed by atoms with van der Waals surface area (Å²) >= 11 is 0. The Balaban J connectivity index is 1.52. The SMILES string of the molecule is C[C@](C#N)(NC(=O)CN1CCN(c2cccc(C(F)(F)F)c2)CC1)C1CC1. The lowest BCUT2D eigenvalue weighted by molar-refractivity contribution is -0.137. The molecular formula is C19H23F3N4O. The number of halogens is 3. The van der Waals surface area contributed by atoms with Crippen LogP contribution in [0.4, 0.5) is 18.9 Å². The first-order chi connectivity index (χ1) is 12.7. The second kappa shape index (κ2) is 7.39. The number of carbonyl (C=O) groups excluding carboxylic acids is 1. The van der Waals surface area contributed by atoms with E-state index < -0.39 is 17.3 Å². The van der Waals surface area contributed by atoms with Gasteiger partial charge in [-0.3, -0.25) is 9.69 Å². The Hall–Kier alpha value is -2.27. The third-order valence-electron chi connectivity index (χ3n) is 5.30. The minimum atomic E-state index is -4.36. The summed E-state index contributed by atoms with van der Waals surface area (Å²) in [4.78, 5) is 16.1. The van der Waals surface area contributed by atoms with Crippen molar-refractivity contribution in [1.29, 1.82) is 5.26 Å². The van der Waals surface area contributed by atoms with E-state index in [1.165, 1.54) is 6.07 Å². The number of hydrogen-bond acceptors (Lipinski definition) is 4. The van der Waals surface area contributed by atoms with Crippen LogP contribution in [0.3, 0.4) is 0 Å². The summed E-state index contributed by atoms with van der Waals surface area (Å²) in [5.41, 5.74) is -0.922. The fourth-order valence-electron chi connectivity index (χ4n) is 3.46. The van der Waals surface area contributed by atoms with Crippen LogP contribution >= 0.6 is 0 Å². The molecule has 1 amide bonds. The highest BCUT2D eigenvalue weighted by atomic mass is 19.4. The average molecular weight is 380 g/mol. The van der Waals surface area contributed by atoms with Crippen LogP contribution in [0.1, 0.15) is 25.3 Å². The molecule has 2 fully saturated rings. The number of amides is 1. The van der Waals surface area contributed by atoms with E-state index in [1.54, 1.807) is 13.0 Å². The lowest BCUT2D eigenvalue weighted by atomic mass is 9.98. The van der Waals surface area contributed by atoms with E-state index in [2.05, 4.69) is 11.4 Å². The Kier molecular flexibility index (Phi) is 5.33. The normalized spacial score (nSPS) is 20.6. The first-order valence-corrected chi connectivity index (χ1v) is 9.08. The van der Waals surface area contributed by atoms with Crippen molar-refractivity contribution in [2.24, 2.45) is 5.92 Å². The minimum absolute atomic E-state index is 0.182. The summed E-state index contributed by atoms with van der Waals surface area (Å²) < 4.78 is 38.6. The zero-order valence-electron chi connectivity index (χ0n) is 15.2. The van der Waals surface area contributed by atoms with Crippen molar-refractivity contribution in [2.45, 2.75) is 31.5 Å². The van der Waals surface area contributed by atoms with Gasteiger partial charge >= 0.3 is 6.18 Å². The monoisotopic (exact) mass is 380 g/mol. The Morgan fingerprint density at radius 3 is 2.48 bits per heavy atom. The van der Waals surface area contributed by atoms with Crippen molar-refractivity contribution in [3.8, 4) is 6.07 Å². The number of alkyl halides is 3. The maximum Gasteiger partial charge on any atom is 0.416 e. The molecule has 0 bridgehead atoms. The van der Waals surface area contributed by atoms with Crippen LogP contribution in [0.2, 0.25) is 0 Å². The lowest BCUT2D eigenvalue weighted by Gasteiger charge is -2.36. The molecule has 5 nitrogen and oxygen atoms in total. The maximum absolute atomic E-state index is 12.9. The van der Waals surface area contributed by atoms with Crippen LogP contribution in [0, 0.1) is 17.2 Å². The summed E-state index contributed by atoms with van der Waals surface area (Å²) in [6.45, 7) is 4.21. The van der Waals surface area contributed by atoms with Gasteiger partial charge in [0.05, 0.1) is 18.2 Å². The third kappa shape index (κ3) is 4.72. The average Bonchev–Trinajstić information content (AvgIpc) is 3.47. The van der Waals surface area contributed by atoms with Gasteiger partial charge in [0.25, 0.3) is 0 Å². The predicted octanol–water partition coefficient (Wildman–Crippen LogP) is 2.64. The van der Waals surface area contributed by atoms with Crippen LogP contribution in [0.5, 0.6) is 0 Å². The highest BCUT2D eigenvalue weighted by Gasteiger charge is 2.43. The van der Waals surface area contributed by atoms with E-state index in [0.717, 1.165) is 25.0 Å². The van der Waals surface area contributed by atoms with Gasteiger partial charge in [-0.2, -0.15) is 18.4 Å². The molecule has 1 aromatic carbocycles. The summed E-state index contributed by atoms with van der Waals surface area (Å²) in [5, 5.41) is 12.2. The molecule has 1 atom stereocenters. The van der Waals surface area contributed by atoms with Crippen LogP contribution in [0.15, 0.2) is 24.3 Å². The molecule has 1 heterocycles. The quantitative estimate of drug-likeness (QED) is 0.853. The molecule has 1 aliphatic carbocycles. The number of carbonyl (C=O) groups is 1. The molecule has 1 saturated heterocycles. The topological polar surface area (TPSA) is 59.4 Å². The van der Waals surface area contributed by atoms with Crippen LogP contribution in [0.25, 0.3) is 0 Å². The Labute approximate surface area is 156 Å². The Bertz CT molecular complexity index is 733. The van der Waals surface area contributed by atoms with Crippen LogP contribution < -0.4 is 10.2 Å². The standard InChI is InChI=1S/C19H23F3N4O/c1-18(13-23,14-5-6-14)24-17(27)12-25-7-9-26(10-8-25)16-4-2-3-15(11-16)19(20,21)22/h2-4,11,14H,5-10,12H2,1H3,(H,24,27)/t18-/m1/s1. The Morgan fingerprint density at radius 1 is 1.26 bits per heavy atom. The smallest absolute Gasteiger partial charge is 0.369 e. The summed E-state index contributed by atoms with van der Waals surface area (Å²) in [6, 6.07) is 7.52. The van der Waals surface area contributed by atoms with Crippen LogP contribution in [-0.2, 0) is 11.0 Å². The van der Waals surface area contributed by atoms with Gasteiger partial charge in [-0.1, -0.05) is 6.07 Å². The molecule has 0 radical (unpaired) electrons. The molecule has 8 heteroatoms. The predicted molar refractivity (Wildman–Crippen MR) is 95.0 cm³/mol. The second-order valence-corrected chi connectivity index (χ2v) is 7.45. The van der Waals surface area contributed by atoms with Gasteiger partial charge in [0.15, 0.2) is 0 Å². The zero-order valence-corrected chi connectivity index (χ0v) is 15.2. The number of hydrogen-bond donors (Lipinski definition) is 1. The van der Waals surface area contributed by atoms with Crippen molar-refractivity contribution in [3.63, 3.8) is 0 Å². The lowest BCUT2D eigenvalue weighted by Crippen LogP contribution is -2.53. The van der Waals surface area contributed by atoms with Crippen molar-refractivity contribution < 1.29 is 18.0 Å². The van der Waals surface area contributed by atoms with Crippen LogP contribution in [-0.4, -0.2) is 49.1 Å². The van der Waals surface area contributed by atoms with E-state index in [-0.39, 0.29) is 18.4 Å². The van der Waals surface area contributed by atoms with Gasteiger partial charge in [-0.15, -0.1) is 0 Å². The fourth-order valence-corrected chi connectivity index (χ4v) is 3.46. The van der Waals surface area contributed by atoms with E-state index in [9.17, 15) is 23.2 Å². The molecule has 0 aromatic heterocycles. The van der Waals surface area contributed by atoms with Crippen molar-refractivity contribution in [2.75, 3.05) is 37.6 Å². The summed E-state index contributed by atoms with van der Waals surface area (Å²) in [5.74, 6) is 0.0441. The highest BCUT2D eigenvalue weighted by Crippen LogP contribution is 2.39. The van der Waals surface area contributed by atoms with E-state index in [4.69, 9.17) is 0 Å². The van der Waals surface area contributed by atoms with E-state index in [0.29, 0.717) is 31.9 Å². The molecule has 1 N–H and O–H groups in total. The highest BCUT2D eigenvalue weighted by molar-refractivity contribution is 5.79. The number of anilines is 1. The zero-order chi connectivity index (χ0) is 19.7. The minimum Gasteiger partial charge on any atom is -0.369 e. The molecule has 1 aromatic rings. The van der Waals surface area contributed by atoms with Gasteiger partial charge in [-0.05, 0) is 43.9 Å². The van der Waals surface area contributed by atoms with Gasteiger partial charge < -0.3 is 10.2 Å². The largest absolute Gasteiger partial charge is 0.416 e. The van der Waals surface area contributed by atoms with Crippen molar-refractivity contribution >= 4 is 11.6 Å². The van der Waals surface area contributed by atoms with E-state index >= 15 is 0 Å². The van der Waals surface area contributed by atoms with Gasteiger partial charge in [-0.25, -0.2) is 0 Å². The molecular weight excluding hydrogens is 357 g/mol. The van der Waals surface area contributed by atoms with E-state index in [1.807, 2.05) is 9.80 Å². The summed E-state index contributed by atoms with van der Waals surface area (Å²) in [7, 11) is 0. The fraction of sp³-hybridized carbons (Fsp3) is 0.579. The molecule has 2 aliphatic rings. The number of rotatable bonds is 5. The number of nitrogens with one attached hydrogen (secondary N) is 1. The Morgan fingerprint density at radius 2 is 1.93 bits per heavy atom. The van der Waals surface area contributed by atoms with Gasteiger partial charge in [0.1, 0.15) is 5.54 Å². The number of benzene rings is 1. The number of nitrogens with zero attached hydrogens (tertiary/aromatic N) is 3. The van der Waals surface area contributed by atoms with Gasteiger partial charge in [0, 0.05) is 31.9 Å². The first-order valence-electron chi connectivity index (χ1n) is 9.08. The molecule has 146 valence electrons. The van der Waals surface area contributed by atoms with Crippen molar-refractivity contribution in [1.82, 2.24) is 10.2 Å². The number of nitriles is 1. The maximum atomic E-state index is 12.9. The van der Waals surface area contributed by atoms with Crippen molar-refractivity contribution in [3.05, 3.63) is 29.8 Å². The second-order valence-electron chi connectivity index (χ2n) is 7.45. The first kappa shape index (κ1) is 19.5.